The Bertz CT molecular complexity index is 544. The average Bonchev–Trinajstić information content (AvgIpc) is 2.40. The van der Waals surface area contributed by atoms with E-state index in [9.17, 15) is 14.3 Å². The van der Waals surface area contributed by atoms with Crippen molar-refractivity contribution in [2.75, 3.05) is 7.11 Å². The number of carbonyl (C=O) groups excluding carboxylic acids is 1. The zero-order valence-corrected chi connectivity index (χ0v) is 12.5. The molecule has 1 N–H and O–H groups in total. The van der Waals surface area contributed by atoms with Gasteiger partial charge in [-0.15, -0.1) is 10.2 Å². The lowest BCUT2D eigenvalue weighted by Crippen LogP contribution is -2.05. The van der Waals surface area contributed by atoms with Gasteiger partial charge in [-0.1, -0.05) is 6.92 Å². The van der Waals surface area contributed by atoms with Gasteiger partial charge in [0.25, 0.3) is 0 Å². The van der Waals surface area contributed by atoms with Gasteiger partial charge in [-0.2, -0.15) is 0 Å². The number of methoxy groups -OCH3 is 1. The number of esters is 1. The fourth-order valence-corrected chi connectivity index (χ4v) is 1.60. The van der Waals surface area contributed by atoms with E-state index in [1.807, 2.05) is 22.6 Å². The van der Waals surface area contributed by atoms with Crippen LogP contribution in [-0.4, -0.2) is 18.2 Å². The van der Waals surface area contributed by atoms with E-state index in [0.717, 1.165) is 7.11 Å². The third-order valence-corrected chi connectivity index (χ3v) is 2.83. The highest BCUT2D eigenvalue weighted by molar-refractivity contribution is 14.1. The van der Waals surface area contributed by atoms with Gasteiger partial charge in [0.1, 0.15) is 11.4 Å². The number of aliphatic hydroxyl groups is 1. The lowest BCUT2D eigenvalue weighted by atomic mass is 10.3. The summed E-state index contributed by atoms with van der Waals surface area (Å²) in [5, 5.41) is 16.7. The van der Waals surface area contributed by atoms with Crippen LogP contribution >= 0.6 is 22.6 Å². The minimum absolute atomic E-state index is 0.0225. The van der Waals surface area contributed by atoms with E-state index in [1.165, 1.54) is 12.1 Å². The van der Waals surface area contributed by atoms with E-state index in [0.29, 0.717) is 3.57 Å². The van der Waals surface area contributed by atoms with E-state index in [-0.39, 0.29) is 23.6 Å². The van der Waals surface area contributed by atoms with E-state index >= 15 is 0 Å². The Morgan fingerprint density at radius 2 is 2.21 bits per heavy atom. The van der Waals surface area contributed by atoms with Crippen molar-refractivity contribution >= 4 is 34.2 Å². The number of benzene rings is 1. The molecule has 0 atom stereocenters. The van der Waals surface area contributed by atoms with Crippen LogP contribution in [0.2, 0.25) is 0 Å². The summed E-state index contributed by atoms with van der Waals surface area (Å²) in [6.45, 7) is 1.64. The summed E-state index contributed by atoms with van der Waals surface area (Å²) in [4.78, 5) is 11.4. The SMILES string of the molecule is CC/C(O)=C(\N=Nc1ccc(I)cc1F)C(=O)OC. The van der Waals surface area contributed by atoms with E-state index < -0.39 is 11.8 Å². The Hall–Kier alpha value is -1.51. The molecule has 0 unspecified atom stereocenters. The molecular weight excluding hydrogens is 366 g/mol. The number of allylic oxidation sites excluding steroid dienone is 1. The molecule has 1 rings (SSSR count). The van der Waals surface area contributed by atoms with Gasteiger partial charge < -0.3 is 9.84 Å². The molecule has 0 aliphatic carbocycles. The Labute approximate surface area is 123 Å². The molecule has 0 fully saturated rings. The van der Waals surface area contributed by atoms with Gasteiger partial charge in [-0.05, 0) is 40.8 Å². The van der Waals surface area contributed by atoms with Gasteiger partial charge in [-0.3, -0.25) is 0 Å². The zero-order valence-electron chi connectivity index (χ0n) is 10.4. The van der Waals surface area contributed by atoms with E-state index in [4.69, 9.17) is 0 Å². The predicted octanol–water partition coefficient (Wildman–Crippen LogP) is 3.87. The number of ether oxygens (including phenoxy) is 1. The molecule has 0 amide bonds. The summed E-state index contributed by atoms with van der Waals surface area (Å²) < 4.78 is 18.7. The Morgan fingerprint density at radius 1 is 1.53 bits per heavy atom. The molecule has 0 heterocycles. The molecule has 5 nitrogen and oxygen atoms in total. The second-order valence-electron chi connectivity index (χ2n) is 3.44. The van der Waals surface area contributed by atoms with Crippen LogP contribution in [0.5, 0.6) is 0 Å². The Balaban J connectivity index is 3.09. The molecular formula is C12H12FIN2O3. The van der Waals surface area contributed by atoms with Crippen molar-refractivity contribution in [3.8, 4) is 0 Å². The number of hydrogen-bond donors (Lipinski definition) is 1. The first-order valence-electron chi connectivity index (χ1n) is 5.36. The number of azo groups is 1. The highest BCUT2D eigenvalue weighted by Gasteiger charge is 2.15. The molecule has 0 aromatic heterocycles. The summed E-state index contributed by atoms with van der Waals surface area (Å²) >= 11 is 1.96. The lowest BCUT2D eigenvalue weighted by Gasteiger charge is -2.02. The van der Waals surface area contributed by atoms with Crippen molar-refractivity contribution in [1.82, 2.24) is 0 Å². The zero-order chi connectivity index (χ0) is 14.4. The lowest BCUT2D eigenvalue weighted by molar-refractivity contribution is -0.136. The molecule has 7 heteroatoms. The fraction of sp³-hybridized carbons (Fsp3) is 0.250. The van der Waals surface area contributed by atoms with Gasteiger partial charge in [0, 0.05) is 9.99 Å². The summed E-state index contributed by atoms with van der Waals surface area (Å²) in [6, 6.07) is 4.37. The molecule has 0 saturated heterocycles. The summed E-state index contributed by atoms with van der Waals surface area (Å²) in [7, 11) is 1.16. The number of carbonyl (C=O) groups is 1. The van der Waals surface area contributed by atoms with Crippen molar-refractivity contribution in [3.05, 3.63) is 39.0 Å². The molecule has 0 aliphatic rings. The topological polar surface area (TPSA) is 71.2 Å². The van der Waals surface area contributed by atoms with Crippen molar-refractivity contribution in [1.29, 1.82) is 0 Å². The average molecular weight is 378 g/mol. The Morgan fingerprint density at radius 3 is 2.74 bits per heavy atom. The largest absolute Gasteiger partial charge is 0.510 e. The second-order valence-corrected chi connectivity index (χ2v) is 4.68. The van der Waals surface area contributed by atoms with Gasteiger partial charge in [0.2, 0.25) is 5.70 Å². The monoisotopic (exact) mass is 378 g/mol. The van der Waals surface area contributed by atoms with Crippen LogP contribution in [-0.2, 0) is 9.53 Å². The van der Waals surface area contributed by atoms with E-state index in [1.54, 1.807) is 13.0 Å². The molecule has 0 radical (unpaired) electrons. The number of rotatable bonds is 4. The number of nitrogens with zero attached hydrogens (tertiary/aromatic N) is 2. The highest BCUT2D eigenvalue weighted by Crippen LogP contribution is 2.22. The third-order valence-electron chi connectivity index (χ3n) is 2.15. The van der Waals surface area contributed by atoms with Gasteiger partial charge in [-0.25, -0.2) is 9.18 Å². The van der Waals surface area contributed by atoms with Crippen LogP contribution in [0.25, 0.3) is 0 Å². The van der Waals surface area contributed by atoms with Gasteiger partial charge >= 0.3 is 5.97 Å². The fourth-order valence-electron chi connectivity index (χ4n) is 1.15. The molecule has 0 saturated carbocycles. The smallest absolute Gasteiger partial charge is 0.362 e. The number of aliphatic hydroxyl groups excluding tert-OH is 1. The molecule has 0 bridgehead atoms. The summed E-state index contributed by atoms with van der Waals surface area (Å²) in [6.07, 6.45) is 0.193. The minimum Gasteiger partial charge on any atom is -0.510 e. The van der Waals surface area contributed by atoms with Gasteiger partial charge in [0.15, 0.2) is 5.82 Å². The molecule has 102 valence electrons. The maximum absolute atomic E-state index is 13.5. The minimum atomic E-state index is -0.825. The standard InChI is InChI=1S/C12H12FIN2O3/c1-3-10(17)11(12(18)19-2)16-15-9-5-4-7(14)6-8(9)13/h4-6,17H,3H2,1-2H3/b11-10+,16-15?. The molecule has 19 heavy (non-hydrogen) atoms. The van der Waals surface area contributed by atoms with Crippen molar-refractivity contribution in [3.63, 3.8) is 0 Å². The maximum Gasteiger partial charge on any atom is 0.362 e. The predicted molar refractivity (Wildman–Crippen MR) is 75.6 cm³/mol. The summed E-state index contributed by atoms with van der Waals surface area (Å²) in [5.41, 5.74) is -0.353. The highest BCUT2D eigenvalue weighted by atomic mass is 127. The second kappa shape index (κ2) is 7.17. The van der Waals surface area contributed by atoms with Crippen LogP contribution in [0.15, 0.2) is 39.9 Å². The van der Waals surface area contributed by atoms with Crippen LogP contribution in [0.3, 0.4) is 0 Å². The van der Waals surface area contributed by atoms with Gasteiger partial charge in [0.05, 0.1) is 7.11 Å². The maximum atomic E-state index is 13.5. The first-order valence-corrected chi connectivity index (χ1v) is 6.44. The molecule has 1 aromatic carbocycles. The van der Waals surface area contributed by atoms with Crippen LogP contribution < -0.4 is 0 Å². The quantitative estimate of drug-likeness (QED) is 0.284. The van der Waals surface area contributed by atoms with Crippen LogP contribution in [0.4, 0.5) is 10.1 Å². The van der Waals surface area contributed by atoms with Crippen molar-refractivity contribution in [2.24, 2.45) is 10.2 Å². The first-order chi connectivity index (χ1) is 8.99. The third kappa shape index (κ3) is 4.27. The van der Waals surface area contributed by atoms with Crippen molar-refractivity contribution < 1.29 is 19.0 Å². The molecule has 0 aliphatic heterocycles. The first kappa shape index (κ1) is 15.5. The summed E-state index contributed by atoms with van der Waals surface area (Å²) in [5.74, 6) is -1.65. The molecule has 1 aromatic rings. The molecule has 0 spiro atoms. The van der Waals surface area contributed by atoms with Crippen LogP contribution in [0.1, 0.15) is 13.3 Å². The van der Waals surface area contributed by atoms with Crippen molar-refractivity contribution in [2.45, 2.75) is 13.3 Å². The number of hydrogen-bond acceptors (Lipinski definition) is 5. The van der Waals surface area contributed by atoms with E-state index in [2.05, 4.69) is 15.0 Å². The number of halogens is 2. The normalized spacial score (nSPS) is 12.4. The Kier molecular flexibility index (Phi) is 5.87. The van der Waals surface area contributed by atoms with Crippen LogP contribution in [0, 0.1) is 9.39 Å².